The van der Waals surface area contributed by atoms with Crippen molar-refractivity contribution in [3.63, 3.8) is 0 Å². The monoisotopic (exact) mass is 242 g/mol. The molecule has 0 aliphatic rings. The number of hydrogen-bond donors (Lipinski definition) is 1. The van der Waals surface area contributed by atoms with Gasteiger partial charge in [-0.3, -0.25) is 0 Å². The Morgan fingerprint density at radius 2 is 2.06 bits per heavy atom. The van der Waals surface area contributed by atoms with Crippen molar-refractivity contribution >= 4 is 5.65 Å². The second-order valence-corrected chi connectivity index (χ2v) is 3.72. The Balaban J connectivity index is 2.25. The van der Waals surface area contributed by atoms with Crippen LogP contribution in [0.4, 0.5) is 0 Å². The molecule has 6 heteroatoms. The molecule has 18 heavy (non-hydrogen) atoms. The number of aromatic amines is 1. The summed E-state index contributed by atoms with van der Waals surface area (Å²) in [6, 6.07) is 11.0. The molecule has 0 fully saturated rings. The minimum absolute atomic E-state index is 0.359. The Kier molecular flexibility index (Phi) is 2.33. The molecule has 0 aliphatic heterocycles. The van der Waals surface area contributed by atoms with Gasteiger partial charge in [-0.2, -0.15) is 14.7 Å². The van der Waals surface area contributed by atoms with Gasteiger partial charge in [0.05, 0.1) is 12.8 Å². The highest BCUT2D eigenvalue weighted by atomic mass is 16.5. The summed E-state index contributed by atoms with van der Waals surface area (Å²) in [6.45, 7) is 0. The molecule has 0 unspecified atom stereocenters. The molecule has 0 radical (unpaired) electrons. The standard InChI is InChI=1S/C12H10N4O2/c1-18-10-5-3-2-4-8(10)9-6-7-11-13-14-12(17)16(11)15-9/h2-7H,1H3,(H,14,17). The minimum Gasteiger partial charge on any atom is -0.496 e. The van der Waals surface area contributed by atoms with E-state index >= 15 is 0 Å². The van der Waals surface area contributed by atoms with Gasteiger partial charge in [-0.25, -0.2) is 9.89 Å². The molecule has 3 aromatic rings. The predicted molar refractivity (Wildman–Crippen MR) is 65.6 cm³/mol. The summed E-state index contributed by atoms with van der Waals surface area (Å²) in [6.07, 6.45) is 0. The zero-order valence-electron chi connectivity index (χ0n) is 9.62. The van der Waals surface area contributed by atoms with E-state index in [9.17, 15) is 4.79 Å². The molecule has 0 amide bonds. The molecule has 0 bridgehead atoms. The zero-order chi connectivity index (χ0) is 12.5. The fourth-order valence-corrected chi connectivity index (χ4v) is 1.80. The van der Waals surface area contributed by atoms with Crippen molar-refractivity contribution in [3.8, 4) is 17.0 Å². The lowest BCUT2D eigenvalue weighted by Crippen LogP contribution is -2.12. The Morgan fingerprint density at radius 3 is 2.89 bits per heavy atom. The molecule has 90 valence electrons. The number of benzene rings is 1. The number of rotatable bonds is 2. The van der Waals surface area contributed by atoms with Gasteiger partial charge in [0.25, 0.3) is 0 Å². The molecule has 0 atom stereocenters. The average molecular weight is 242 g/mol. The number of fused-ring (bicyclic) bond motifs is 1. The Morgan fingerprint density at radius 1 is 1.22 bits per heavy atom. The number of ether oxygens (including phenoxy) is 1. The van der Waals surface area contributed by atoms with Crippen LogP contribution in [0.5, 0.6) is 5.75 Å². The smallest absolute Gasteiger partial charge is 0.364 e. The summed E-state index contributed by atoms with van der Waals surface area (Å²) in [5.74, 6) is 0.709. The number of methoxy groups -OCH3 is 1. The van der Waals surface area contributed by atoms with Crippen LogP contribution in [0.1, 0.15) is 0 Å². The third kappa shape index (κ3) is 1.55. The van der Waals surface area contributed by atoms with E-state index < -0.39 is 0 Å². The molecule has 3 rings (SSSR count). The normalized spacial score (nSPS) is 10.7. The van der Waals surface area contributed by atoms with Crippen LogP contribution in [-0.2, 0) is 0 Å². The summed E-state index contributed by atoms with van der Waals surface area (Å²) in [5, 5.41) is 10.4. The number of aromatic nitrogens is 4. The molecule has 0 saturated carbocycles. The molecule has 0 saturated heterocycles. The van der Waals surface area contributed by atoms with Crippen molar-refractivity contribution in [2.75, 3.05) is 7.11 Å². The van der Waals surface area contributed by atoms with Gasteiger partial charge in [0, 0.05) is 5.56 Å². The summed E-state index contributed by atoms with van der Waals surface area (Å²) in [4.78, 5) is 11.5. The quantitative estimate of drug-likeness (QED) is 0.730. The van der Waals surface area contributed by atoms with Crippen molar-refractivity contribution in [1.29, 1.82) is 0 Å². The maximum atomic E-state index is 11.5. The molecule has 1 aromatic carbocycles. The molecule has 0 aliphatic carbocycles. The lowest BCUT2D eigenvalue weighted by molar-refractivity contribution is 0.416. The predicted octanol–water partition coefficient (Wildman–Crippen LogP) is 1.09. The zero-order valence-corrected chi connectivity index (χ0v) is 9.62. The highest BCUT2D eigenvalue weighted by Crippen LogP contribution is 2.27. The van der Waals surface area contributed by atoms with Gasteiger partial charge in [-0.15, -0.1) is 0 Å². The van der Waals surface area contributed by atoms with Crippen LogP contribution in [-0.4, -0.2) is 26.9 Å². The minimum atomic E-state index is -0.359. The van der Waals surface area contributed by atoms with E-state index in [-0.39, 0.29) is 5.69 Å². The molecule has 2 aromatic heterocycles. The highest BCUT2D eigenvalue weighted by Gasteiger charge is 2.08. The van der Waals surface area contributed by atoms with Gasteiger partial charge >= 0.3 is 5.69 Å². The molecule has 0 spiro atoms. The Bertz CT molecular complexity index is 760. The van der Waals surface area contributed by atoms with Crippen LogP contribution < -0.4 is 10.4 Å². The van der Waals surface area contributed by atoms with E-state index in [4.69, 9.17) is 4.74 Å². The van der Waals surface area contributed by atoms with Gasteiger partial charge in [-0.1, -0.05) is 12.1 Å². The Labute approximate surface area is 102 Å². The molecule has 1 N–H and O–H groups in total. The lowest BCUT2D eigenvalue weighted by Gasteiger charge is -2.06. The molecular weight excluding hydrogens is 232 g/mol. The highest BCUT2D eigenvalue weighted by molar-refractivity contribution is 5.67. The van der Waals surface area contributed by atoms with Gasteiger partial charge in [0.2, 0.25) is 0 Å². The first-order chi connectivity index (χ1) is 8.79. The number of nitrogens with zero attached hydrogens (tertiary/aromatic N) is 3. The number of hydrogen-bond acceptors (Lipinski definition) is 4. The number of para-hydroxylation sites is 1. The van der Waals surface area contributed by atoms with Gasteiger partial charge in [-0.05, 0) is 24.3 Å². The Hall–Kier alpha value is -2.63. The van der Waals surface area contributed by atoms with Gasteiger partial charge in [0.15, 0.2) is 5.65 Å². The van der Waals surface area contributed by atoms with Crippen LogP contribution in [0.15, 0.2) is 41.2 Å². The SMILES string of the molecule is COc1ccccc1-c1ccc2n[nH]c(=O)n2n1. The second-order valence-electron chi connectivity index (χ2n) is 3.72. The first-order valence-corrected chi connectivity index (χ1v) is 5.37. The second kappa shape index (κ2) is 3.99. The summed E-state index contributed by atoms with van der Waals surface area (Å²) in [7, 11) is 1.60. The molecule has 6 nitrogen and oxygen atoms in total. The fourth-order valence-electron chi connectivity index (χ4n) is 1.80. The van der Waals surface area contributed by atoms with Crippen LogP contribution in [0.2, 0.25) is 0 Å². The van der Waals surface area contributed by atoms with Crippen LogP contribution >= 0.6 is 0 Å². The summed E-state index contributed by atoms with van der Waals surface area (Å²) >= 11 is 0. The van der Waals surface area contributed by atoms with Crippen molar-refractivity contribution in [2.24, 2.45) is 0 Å². The van der Waals surface area contributed by atoms with Gasteiger partial charge < -0.3 is 4.74 Å². The van der Waals surface area contributed by atoms with E-state index in [1.807, 2.05) is 24.3 Å². The summed E-state index contributed by atoms with van der Waals surface area (Å²) in [5.41, 5.74) is 1.61. The lowest BCUT2D eigenvalue weighted by atomic mass is 10.1. The van der Waals surface area contributed by atoms with E-state index in [0.29, 0.717) is 17.1 Å². The van der Waals surface area contributed by atoms with Crippen molar-refractivity contribution < 1.29 is 4.74 Å². The van der Waals surface area contributed by atoms with Crippen LogP contribution in [0.3, 0.4) is 0 Å². The van der Waals surface area contributed by atoms with Crippen LogP contribution in [0.25, 0.3) is 16.9 Å². The maximum Gasteiger partial charge on any atom is 0.364 e. The third-order valence-corrected chi connectivity index (χ3v) is 2.66. The number of H-pyrrole nitrogens is 1. The van der Waals surface area contributed by atoms with Crippen molar-refractivity contribution in [3.05, 3.63) is 46.9 Å². The summed E-state index contributed by atoms with van der Waals surface area (Å²) < 4.78 is 6.50. The third-order valence-electron chi connectivity index (χ3n) is 2.66. The van der Waals surface area contributed by atoms with E-state index in [1.165, 1.54) is 4.52 Å². The first kappa shape index (κ1) is 10.5. The van der Waals surface area contributed by atoms with Crippen LogP contribution in [0, 0.1) is 0 Å². The fraction of sp³-hybridized carbons (Fsp3) is 0.0833. The average Bonchev–Trinajstić information content (AvgIpc) is 2.80. The number of nitrogens with one attached hydrogen (secondary N) is 1. The molecule has 2 heterocycles. The van der Waals surface area contributed by atoms with E-state index in [0.717, 1.165) is 5.56 Å². The maximum absolute atomic E-state index is 11.5. The molecular formula is C12H10N4O2. The van der Waals surface area contributed by atoms with E-state index in [2.05, 4.69) is 15.3 Å². The van der Waals surface area contributed by atoms with Gasteiger partial charge in [0.1, 0.15) is 5.75 Å². The topological polar surface area (TPSA) is 72.3 Å². The first-order valence-electron chi connectivity index (χ1n) is 5.37. The largest absolute Gasteiger partial charge is 0.496 e. The van der Waals surface area contributed by atoms with Crippen molar-refractivity contribution in [1.82, 2.24) is 19.8 Å². The van der Waals surface area contributed by atoms with Crippen molar-refractivity contribution in [2.45, 2.75) is 0 Å². The van der Waals surface area contributed by atoms with E-state index in [1.54, 1.807) is 19.2 Å².